The monoisotopic (exact) mass is 168 g/mol. The quantitative estimate of drug-likeness (QED) is 0.610. The smallest absolute Gasteiger partial charge is 0.192 e. The third-order valence-electron chi connectivity index (χ3n) is 1.80. The second-order valence-corrected chi connectivity index (χ2v) is 3.26. The van der Waals surface area contributed by atoms with E-state index in [-0.39, 0.29) is 0 Å². The second kappa shape index (κ2) is 3.67. The summed E-state index contributed by atoms with van der Waals surface area (Å²) in [6.07, 6.45) is 3.04. The van der Waals surface area contributed by atoms with Crippen molar-refractivity contribution < 1.29 is 4.57 Å². The van der Waals surface area contributed by atoms with Crippen molar-refractivity contribution in [2.75, 3.05) is 0 Å². The minimum absolute atomic E-state index is 1.06. The van der Waals surface area contributed by atoms with Gasteiger partial charge in [-0.25, -0.2) is 0 Å². The third-order valence-corrected chi connectivity index (χ3v) is 2.82. The average Bonchev–Trinajstić information content (AvgIpc) is 2.45. The molecule has 0 saturated carbocycles. The molecule has 0 spiro atoms. The molecule has 0 aromatic carbocycles. The van der Waals surface area contributed by atoms with Crippen molar-refractivity contribution in [3.05, 3.63) is 22.7 Å². The Labute approximate surface area is 72.0 Å². The minimum Gasteiger partial charge on any atom is -0.192 e. The van der Waals surface area contributed by atoms with E-state index in [0.29, 0.717) is 0 Å². The van der Waals surface area contributed by atoms with Gasteiger partial charge < -0.3 is 0 Å². The summed E-state index contributed by atoms with van der Waals surface area (Å²) in [5.74, 6) is 0. The number of nitrogens with zero attached hydrogens (tertiary/aromatic N) is 1. The van der Waals surface area contributed by atoms with Gasteiger partial charge in [0.15, 0.2) is 5.69 Å². The fourth-order valence-electron chi connectivity index (χ4n) is 1.20. The first-order chi connectivity index (χ1) is 5.33. The van der Waals surface area contributed by atoms with Gasteiger partial charge in [-0.05, 0) is 13.0 Å². The Morgan fingerprint density at radius 1 is 1.64 bits per heavy atom. The lowest BCUT2D eigenvalue weighted by atomic mass is 10.3. The molecule has 0 atom stereocenters. The number of hydrogen-bond donors (Lipinski definition) is 0. The van der Waals surface area contributed by atoms with Crippen molar-refractivity contribution >= 4 is 17.4 Å². The molecular formula is C9H14NS+. The lowest BCUT2D eigenvalue weighted by molar-refractivity contribution is -0.695. The molecule has 1 rings (SSSR count). The van der Waals surface area contributed by atoms with Gasteiger partial charge in [0, 0.05) is 6.42 Å². The summed E-state index contributed by atoms with van der Waals surface area (Å²) in [4.78, 5) is 1.31. The molecule has 0 aliphatic heterocycles. The number of hydrogen-bond acceptors (Lipinski definition) is 1. The van der Waals surface area contributed by atoms with E-state index in [9.17, 15) is 0 Å². The lowest BCUT2D eigenvalue weighted by Gasteiger charge is -1.91. The Morgan fingerprint density at radius 3 is 2.82 bits per heavy atom. The first kappa shape index (κ1) is 8.47. The molecule has 1 nitrogen and oxygen atoms in total. The van der Waals surface area contributed by atoms with Crippen molar-refractivity contribution in [1.29, 1.82) is 0 Å². The van der Waals surface area contributed by atoms with Crippen LogP contribution < -0.4 is 4.57 Å². The van der Waals surface area contributed by atoms with Crippen LogP contribution in [0.25, 0.3) is 6.08 Å². The van der Waals surface area contributed by atoms with Crippen LogP contribution in [0, 0.1) is 0 Å². The van der Waals surface area contributed by atoms with Gasteiger partial charge in [0.25, 0.3) is 0 Å². The Hall–Kier alpha value is -0.630. The summed E-state index contributed by atoms with van der Waals surface area (Å²) in [7, 11) is 0. The molecule has 1 aromatic rings. The molecule has 11 heavy (non-hydrogen) atoms. The molecule has 60 valence electrons. The summed E-state index contributed by atoms with van der Waals surface area (Å²) < 4.78 is 2.28. The van der Waals surface area contributed by atoms with Crippen LogP contribution in [0.15, 0.2) is 12.1 Å². The maximum Gasteiger partial charge on any atom is 0.225 e. The summed E-state index contributed by atoms with van der Waals surface area (Å²) in [6, 6.07) is 0. The van der Waals surface area contributed by atoms with Crippen molar-refractivity contribution in [2.24, 2.45) is 0 Å². The third kappa shape index (κ3) is 1.51. The van der Waals surface area contributed by atoms with Crippen LogP contribution >= 0.6 is 11.3 Å². The first-order valence-electron chi connectivity index (χ1n) is 3.95. The number of thiazole rings is 1. The van der Waals surface area contributed by atoms with Gasteiger partial charge in [-0.2, -0.15) is 4.57 Å². The van der Waals surface area contributed by atoms with Crippen LogP contribution in [0.3, 0.4) is 0 Å². The Kier molecular flexibility index (Phi) is 2.83. The summed E-state index contributed by atoms with van der Waals surface area (Å²) in [5.41, 5.74) is 3.57. The summed E-state index contributed by atoms with van der Waals surface area (Å²) in [6.45, 7) is 9.19. The SMILES string of the molecule is C=Cc1sc[n+](CC)c1CC. The van der Waals surface area contributed by atoms with Crippen LogP contribution in [0.4, 0.5) is 0 Å². The number of rotatable bonds is 3. The second-order valence-electron chi connectivity index (χ2n) is 2.38. The highest BCUT2D eigenvalue weighted by atomic mass is 32.1. The predicted molar refractivity (Wildman–Crippen MR) is 49.7 cm³/mol. The van der Waals surface area contributed by atoms with Gasteiger partial charge in [0.2, 0.25) is 5.51 Å². The minimum atomic E-state index is 1.06. The highest BCUT2D eigenvalue weighted by Crippen LogP contribution is 2.13. The largest absolute Gasteiger partial charge is 0.225 e. The van der Waals surface area contributed by atoms with Crippen molar-refractivity contribution in [2.45, 2.75) is 26.8 Å². The van der Waals surface area contributed by atoms with Gasteiger partial charge in [0.1, 0.15) is 6.54 Å². The van der Waals surface area contributed by atoms with Gasteiger partial charge in [-0.15, -0.1) is 0 Å². The molecule has 0 saturated heterocycles. The van der Waals surface area contributed by atoms with Gasteiger partial charge in [0.05, 0.1) is 4.88 Å². The van der Waals surface area contributed by atoms with E-state index in [2.05, 4.69) is 30.5 Å². The van der Waals surface area contributed by atoms with Crippen LogP contribution in [0.1, 0.15) is 24.4 Å². The fraction of sp³-hybridized carbons (Fsp3) is 0.444. The van der Waals surface area contributed by atoms with Crippen LogP contribution in [0.2, 0.25) is 0 Å². The van der Waals surface area contributed by atoms with Gasteiger partial charge >= 0.3 is 0 Å². The van der Waals surface area contributed by atoms with E-state index >= 15 is 0 Å². The van der Waals surface area contributed by atoms with E-state index in [1.165, 1.54) is 10.6 Å². The van der Waals surface area contributed by atoms with E-state index in [4.69, 9.17) is 0 Å². The molecule has 0 fully saturated rings. The Morgan fingerprint density at radius 2 is 2.36 bits per heavy atom. The van der Waals surface area contributed by atoms with Crippen LogP contribution in [-0.2, 0) is 13.0 Å². The van der Waals surface area contributed by atoms with E-state index in [1.807, 2.05) is 6.08 Å². The molecule has 2 heteroatoms. The molecule has 0 radical (unpaired) electrons. The molecule has 0 unspecified atom stereocenters. The predicted octanol–water partition coefficient (Wildman–Crippen LogP) is 2.26. The van der Waals surface area contributed by atoms with Gasteiger partial charge in [-0.3, -0.25) is 0 Å². The molecule has 1 aromatic heterocycles. The van der Waals surface area contributed by atoms with Crippen molar-refractivity contribution in [3.63, 3.8) is 0 Å². The van der Waals surface area contributed by atoms with Crippen molar-refractivity contribution in [1.82, 2.24) is 0 Å². The molecule has 0 amide bonds. The van der Waals surface area contributed by atoms with Crippen LogP contribution in [-0.4, -0.2) is 0 Å². The Bertz CT molecular complexity index is 250. The normalized spacial score (nSPS) is 10.0. The van der Waals surface area contributed by atoms with Crippen LogP contribution in [0.5, 0.6) is 0 Å². The molecule has 0 aliphatic rings. The van der Waals surface area contributed by atoms with E-state index in [0.717, 1.165) is 13.0 Å². The maximum atomic E-state index is 3.78. The lowest BCUT2D eigenvalue weighted by Crippen LogP contribution is -2.33. The van der Waals surface area contributed by atoms with E-state index in [1.54, 1.807) is 11.3 Å². The van der Waals surface area contributed by atoms with E-state index < -0.39 is 0 Å². The molecule has 1 heterocycles. The zero-order chi connectivity index (χ0) is 8.27. The summed E-state index contributed by atoms with van der Waals surface area (Å²) in [5, 5.41) is 0. The Balaban J connectivity index is 3.08. The fourth-order valence-corrected chi connectivity index (χ4v) is 2.21. The zero-order valence-corrected chi connectivity index (χ0v) is 7.95. The highest BCUT2D eigenvalue weighted by molar-refractivity contribution is 7.10. The topological polar surface area (TPSA) is 3.88 Å². The molecule has 0 aliphatic carbocycles. The molecule has 0 N–H and O–H groups in total. The maximum absolute atomic E-state index is 3.78. The standard InChI is InChI=1S/C9H14NS/c1-4-8-9(5-2)11-7-10(8)6-3/h5,7H,2,4,6H2,1,3H3/q+1. The van der Waals surface area contributed by atoms with Crippen molar-refractivity contribution in [3.8, 4) is 0 Å². The molecular weight excluding hydrogens is 154 g/mol. The van der Waals surface area contributed by atoms with Gasteiger partial charge in [-0.1, -0.05) is 24.8 Å². The summed E-state index contributed by atoms with van der Waals surface area (Å²) >= 11 is 1.77. The highest BCUT2D eigenvalue weighted by Gasteiger charge is 2.12. The first-order valence-corrected chi connectivity index (χ1v) is 4.83. The number of aryl methyl sites for hydroxylation is 1. The zero-order valence-electron chi connectivity index (χ0n) is 7.13. The number of aromatic nitrogens is 1. The average molecular weight is 168 g/mol. The molecule has 0 bridgehead atoms.